The van der Waals surface area contributed by atoms with Crippen molar-refractivity contribution < 1.29 is 19.1 Å². The van der Waals surface area contributed by atoms with Crippen molar-refractivity contribution in [2.45, 2.75) is 33.0 Å². The molecular formula is C22H26N2O4. The average molecular weight is 382 g/mol. The van der Waals surface area contributed by atoms with Gasteiger partial charge < -0.3 is 19.7 Å². The quantitative estimate of drug-likeness (QED) is 0.799. The Labute approximate surface area is 165 Å². The van der Waals surface area contributed by atoms with E-state index in [4.69, 9.17) is 9.47 Å². The number of nitrogens with one attached hydrogen (secondary N) is 1. The maximum Gasteiger partial charge on any atom is 0.249 e. The Hall–Kier alpha value is -2.86. The number of amides is 2. The van der Waals surface area contributed by atoms with E-state index in [-0.39, 0.29) is 25.0 Å². The number of hydrogen-bond donors (Lipinski definition) is 1. The fourth-order valence-electron chi connectivity index (χ4n) is 3.13. The Morgan fingerprint density at radius 2 is 2.00 bits per heavy atom. The molecule has 0 aliphatic carbocycles. The molecule has 6 heteroatoms. The van der Waals surface area contributed by atoms with Gasteiger partial charge in [0.1, 0.15) is 18.4 Å². The SMILES string of the molecule is CCOc1cccc(CNC(=O)[C@@H]2COCC(=O)N2Cc2ccc(C)cc2)c1. The molecule has 1 atom stereocenters. The monoisotopic (exact) mass is 382 g/mol. The molecule has 28 heavy (non-hydrogen) atoms. The molecule has 2 aromatic rings. The maximum atomic E-state index is 12.8. The van der Waals surface area contributed by atoms with Crippen LogP contribution >= 0.6 is 0 Å². The topological polar surface area (TPSA) is 67.9 Å². The lowest BCUT2D eigenvalue weighted by molar-refractivity contribution is -0.155. The first-order chi connectivity index (χ1) is 13.6. The Kier molecular flexibility index (Phi) is 6.66. The summed E-state index contributed by atoms with van der Waals surface area (Å²) in [6.07, 6.45) is 0. The van der Waals surface area contributed by atoms with Gasteiger partial charge in [-0.3, -0.25) is 9.59 Å². The third-order valence-electron chi connectivity index (χ3n) is 4.65. The molecule has 1 N–H and O–H groups in total. The Bertz CT molecular complexity index is 820. The summed E-state index contributed by atoms with van der Waals surface area (Å²) in [6.45, 7) is 5.49. The molecule has 1 saturated heterocycles. The molecule has 148 valence electrons. The van der Waals surface area contributed by atoms with Crippen molar-refractivity contribution in [1.82, 2.24) is 10.2 Å². The summed E-state index contributed by atoms with van der Waals surface area (Å²) < 4.78 is 10.8. The van der Waals surface area contributed by atoms with Gasteiger partial charge in [0.25, 0.3) is 0 Å². The predicted octanol–water partition coefficient (Wildman–Crippen LogP) is 2.44. The smallest absolute Gasteiger partial charge is 0.249 e. The second-order valence-corrected chi connectivity index (χ2v) is 6.84. The van der Waals surface area contributed by atoms with Gasteiger partial charge in [0, 0.05) is 13.1 Å². The van der Waals surface area contributed by atoms with Crippen LogP contribution in [0, 0.1) is 6.92 Å². The molecule has 1 fully saturated rings. The number of carbonyl (C=O) groups excluding carboxylic acids is 2. The summed E-state index contributed by atoms with van der Waals surface area (Å²) >= 11 is 0. The number of nitrogens with zero attached hydrogens (tertiary/aromatic N) is 1. The van der Waals surface area contributed by atoms with E-state index in [0.29, 0.717) is 19.7 Å². The first kappa shape index (κ1) is 19.9. The Morgan fingerprint density at radius 3 is 2.75 bits per heavy atom. The van der Waals surface area contributed by atoms with Gasteiger partial charge in [0.15, 0.2) is 0 Å². The van der Waals surface area contributed by atoms with Crippen molar-refractivity contribution in [3.8, 4) is 5.75 Å². The van der Waals surface area contributed by atoms with Gasteiger partial charge >= 0.3 is 0 Å². The van der Waals surface area contributed by atoms with Crippen molar-refractivity contribution in [2.24, 2.45) is 0 Å². The maximum absolute atomic E-state index is 12.8. The van der Waals surface area contributed by atoms with Crippen LogP contribution in [0.15, 0.2) is 48.5 Å². The van der Waals surface area contributed by atoms with Crippen molar-refractivity contribution in [2.75, 3.05) is 19.8 Å². The molecule has 6 nitrogen and oxygen atoms in total. The molecule has 2 amide bonds. The van der Waals surface area contributed by atoms with E-state index in [1.54, 1.807) is 4.90 Å². The number of ether oxygens (including phenoxy) is 2. The van der Waals surface area contributed by atoms with Crippen LogP contribution < -0.4 is 10.1 Å². The van der Waals surface area contributed by atoms with Crippen molar-refractivity contribution in [3.05, 3.63) is 65.2 Å². The molecule has 0 aromatic heterocycles. The van der Waals surface area contributed by atoms with Crippen molar-refractivity contribution >= 4 is 11.8 Å². The van der Waals surface area contributed by atoms with Gasteiger partial charge in [0.05, 0.1) is 13.2 Å². The largest absolute Gasteiger partial charge is 0.494 e. The second-order valence-electron chi connectivity index (χ2n) is 6.84. The summed E-state index contributed by atoms with van der Waals surface area (Å²) in [6, 6.07) is 14.9. The van der Waals surface area contributed by atoms with E-state index in [0.717, 1.165) is 22.4 Å². The molecule has 0 spiro atoms. The van der Waals surface area contributed by atoms with Crippen LogP contribution in [0.4, 0.5) is 0 Å². The van der Waals surface area contributed by atoms with Gasteiger partial charge in [-0.2, -0.15) is 0 Å². The van der Waals surface area contributed by atoms with Gasteiger partial charge in [-0.05, 0) is 37.1 Å². The van der Waals surface area contributed by atoms with Gasteiger partial charge in [-0.1, -0.05) is 42.0 Å². The highest BCUT2D eigenvalue weighted by Crippen LogP contribution is 2.16. The summed E-state index contributed by atoms with van der Waals surface area (Å²) in [5.74, 6) is 0.374. The minimum Gasteiger partial charge on any atom is -0.494 e. The first-order valence-corrected chi connectivity index (χ1v) is 9.49. The first-order valence-electron chi connectivity index (χ1n) is 9.49. The van der Waals surface area contributed by atoms with E-state index in [2.05, 4.69) is 5.32 Å². The van der Waals surface area contributed by atoms with Crippen LogP contribution in [0.5, 0.6) is 5.75 Å². The van der Waals surface area contributed by atoms with Crippen LogP contribution in [-0.4, -0.2) is 42.6 Å². The molecule has 3 rings (SSSR count). The molecule has 1 aliphatic rings. The number of morpholine rings is 1. The highest BCUT2D eigenvalue weighted by atomic mass is 16.5. The van der Waals surface area contributed by atoms with Crippen LogP contribution in [0.25, 0.3) is 0 Å². The van der Waals surface area contributed by atoms with Gasteiger partial charge in [0.2, 0.25) is 11.8 Å². The molecule has 0 saturated carbocycles. The molecule has 2 aromatic carbocycles. The van der Waals surface area contributed by atoms with E-state index in [1.165, 1.54) is 0 Å². The van der Waals surface area contributed by atoms with Crippen LogP contribution in [0.3, 0.4) is 0 Å². The molecule has 1 aliphatic heterocycles. The summed E-state index contributed by atoms with van der Waals surface area (Å²) in [7, 11) is 0. The third kappa shape index (κ3) is 5.10. The average Bonchev–Trinajstić information content (AvgIpc) is 2.70. The predicted molar refractivity (Wildman–Crippen MR) is 106 cm³/mol. The standard InChI is InChI=1S/C22H26N2O4/c1-3-28-19-6-4-5-18(11-19)12-23-22(26)20-14-27-15-21(25)24(20)13-17-9-7-16(2)8-10-17/h4-11,20H,3,12-15H2,1-2H3,(H,23,26)/t20-/m0/s1. The third-order valence-corrected chi connectivity index (χ3v) is 4.65. The summed E-state index contributed by atoms with van der Waals surface area (Å²) in [4.78, 5) is 26.7. The highest BCUT2D eigenvalue weighted by molar-refractivity contribution is 5.89. The summed E-state index contributed by atoms with van der Waals surface area (Å²) in [5.41, 5.74) is 3.08. The zero-order valence-electron chi connectivity index (χ0n) is 16.3. The zero-order valence-corrected chi connectivity index (χ0v) is 16.3. The lowest BCUT2D eigenvalue weighted by atomic mass is 10.1. The zero-order chi connectivity index (χ0) is 19.9. The second kappa shape index (κ2) is 9.37. The number of aryl methyl sites for hydroxylation is 1. The molecule has 0 radical (unpaired) electrons. The minimum absolute atomic E-state index is 0.00600. The normalized spacial score (nSPS) is 16.7. The minimum atomic E-state index is -0.641. The molecular weight excluding hydrogens is 356 g/mol. The van der Waals surface area contributed by atoms with E-state index in [9.17, 15) is 9.59 Å². The number of rotatable bonds is 7. The Balaban J connectivity index is 1.65. The fourth-order valence-corrected chi connectivity index (χ4v) is 3.13. The molecule has 0 bridgehead atoms. The van der Waals surface area contributed by atoms with E-state index >= 15 is 0 Å². The molecule has 0 unspecified atom stereocenters. The van der Waals surface area contributed by atoms with Crippen molar-refractivity contribution in [1.29, 1.82) is 0 Å². The number of hydrogen-bond acceptors (Lipinski definition) is 4. The van der Waals surface area contributed by atoms with Gasteiger partial charge in [-0.15, -0.1) is 0 Å². The number of carbonyl (C=O) groups is 2. The highest BCUT2D eigenvalue weighted by Gasteiger charge is 2.33. The number of benzene rings is 2. The Morgan fingerprint density at radius 1 is 1.21 bits per heavy atom. The lowest BCUT2D eigenvalue weighted by Gasteiger charge is -2.34. The fraction of sp³-hybridized carbons (Fsp3) is 0.364. The van der Waals surface area contributed by atoms with E-state index < -0.39 is 6.04 Å². The van der Waals surface area contributed by atoms with Gasteiger partial charge in [-0.25, -0.2) is 0 Å². The molecule has 1 heterocycles. The van der Waals surface area contributed by atoms with E-state index in [1.807, 2.05) is 62.4 Å². The van der Waals surface area contributed by atoms with Crippen LogP contribution in [0.2, 0.25) is 0 Å². The summed E-state index contributed by atoms with van der Waals surface area (Å²) in [5, 5.41) is 2.92. The van der Waals surface area contributed by atoms with Crippen LogP contribution in [0.1, 0.15) is 23.6 Å². The van der Waals surface area contributed by atoms with Crippen LogP contribution in [-0.2, 0) is 27.4 Å². The lowest BCUT2D eigenvalue weighted by Crippen LogP contribution is -2.55. The van der Waals surface area contributed by atoms with Crippen molar-refractivity contribution in [3.63, 3.8) is 0 Å².